The SMILES string of the molecule is Cc1nccn1-c1ccc(NC(=O)[C@@H]2CCCN2C(=O)c2ccco2)cc1. The highest BCUT2D eigenvalue weighted by atomic mass is 16.3. The highest BCUT2D eigenvalue weighted by molar-refractivity contribution is 6.00. The molecule has 1 aliphatic rings. The van der Waals surface area contributed by atoms with Gasteiger partial charge in [0, 0.05) is 30.3 Å². The first kappa shape index (κ1) is 17.1. The van der Waals surface area contributed by atoms with Gasteiger partial charge in [-0.1, -0.05) is 0 Å². The van der Waals surface area contributed by atoms with E-state index in [4.69, 9.17) is 4.42 Å². The van der Waals surface area contributed by atoms with Crippen LogP contribution in [-0.2, 0) is 4.79 Å². The number of imidazole rings is 1. The maximum Gasteiger partial charge on any atom is 0.290 e. The molecule has 0 bridgehead atoms. The number of nitrogens with zero attached hydrogens (tertiary/aromatic N) is 3. The predicted octanol–water partition coefficient (Wildman–Crippen LogP) is 3.02. The van der Waals surface area contributed by atoms with Crippen molar-refractivity contribution < 1.29 is 14.0 Å². The maximum absolute atomic E-state index is 12.7. The van der Waals surface area contributed by atoms with Crippen LogP contribution in [0.3, 0.4) is 0 Å². The van der Waals surface area contributed by atoms with Gasteiger partial charge in [-0.25, -0.2) is 4.98 Å². The molecule has 0 aliphatic carbocycles. The number of carbonyl (C=O) groups is 2. The molecule has 1 fully saturated rings. The minimum atomic E-state index is -0.488. The van der Waals surface area contributed by atoms with Crippen LogP contribution in [0, 0.1) is 6.92 Å². The Morgan fingerprint density at radius 3 is 2.70 bits per heavy atom. The maximum atomic E-state index is 12.7. The second-order valence-electron chi connectivity index (χ2n) is 6.51. The molecular weight excluding hydrogens is 344 g/mol. The van der Waals surface area contributed by atoms with Gasteiger partial charge in [0.1, 0.15) is 11.9 Å². The van der Waals surface area contributed by atoms with E-state index < -0.39 is 6.04 Å². The Hall–Kier alpha value is -3.35. The summed E-state index contributed by atoms with van der Waals surface area (Å²) in [4.78, 5) is 31.0. The van der Waals surface area contributed by atoms with Crippen molar-refractivity contribution in [3.8, 4) is 5.69 Å². The normalized spacial score (nSPS) is 16.5. The Morgan fingerprint density at radius 1 is 1.22 bits per heavy atom. The van der Waals surface area contributed by atoms with Gasteiger partial charge >= 0.3 is 0 Å². The summed E-state index contributed by atoms with van der Waals surface area (Å²) in [6, 6.07) is 10.3. The third-order valence-electron chi connectivity index (χ3n) is 4.79. The number of anilines is 1. The molecule has 4 rings (SSSR count). The molecule has 0 saturated carbocycles. The fourth-order valence-electron chi connectivity index (χ4n) is 3.41. The first-order valence-corrected chi connectivity index (χ1v) is 8.89. The van der Waals surface area contributed by atoms with Gasteiger partial charge in [0.25, 0.3) is 5.91 Å². The van der Waals surface area contributed by atoms with Crippen molar-refractivity contribution in [1.82, 2.24) is 14.5 Å². The second-order valence-corrected chi connectivity index (χ2v) is 6.51. The van der Waals surface area contributed by atoms with E-state index in [1.165, 1.54) is 6.26 Å². The Kier molecular flexibility index (Phi) is 4.50. The van der Waals surface area contributed by atoms with Crippen molar-refractivity contribution in [1.29, 1.82) is 0 Å². The van der Waals surface area contributed by atoms with Crippen LogP contribution in [-0.4, -0.2) is 38.9 Å². The smallest absolute Gasteiger partial charge is 0.290 e. The monoisotopic (exact) mass is 364 g/mol. The molecule has 3 heterocycles. The van der Waals surface area contributed by atoms with Gasteiger partial charge in [-0.05, 0) is 56.2 Å². The standard InChI is InChI=1S/C20H20N4O3/c1-14-21-10-12-23(14)16-8-6-15(7-9-16)22-19(25)17-4-2-11-24(17)20(26)18-5-3-13-27-18/h3,5-10,12-13,17H,2,4,11H2,1H3,(H,22,25)/t17-/m0/s1. The first-order chi connectivity index (χ1) is 13.1. The lowest BCUT2D eigenvalue weighted by Crippen LogP contribution is -2.43. The predicted molar refractivity (Wildman–Crippen MR) is 99.7 cm³/mol. The Morgan fingerprint density at radius 2 is 2.04 bits per heavy atom. The average Bonchev–Trinajstić information content (AvgIpc) is 3.43. The van der Waals surface area contributed by atoms with Crippen LogP contribution in [0.15, 0.2) is 59.5 Å². The highest BCUT2D eigenvalue weighted by Crippen LogP contribution is 2.22. The fourth-order valence-corrected chi connectivity index (χ4v) is 3.41. The molecule has 1 atom stereocenters. The number of hydrogen-bond acceptors (Lipinski definition) is 4. The van der Waals surface area contributed by atoms with Crippen molar-refractivity contribution in [2.45, 2.75) is 25.8 Å². The van der Waals surface area contributed by atoms with E-state index in [9.17, 15) is 9.59 Å². The molecule has 1 saturated heterocycles. The molecule has 0 spiro atoms. The Labute approximate surface area is 156 Å². The van der Waals surface area contributed by atoms with Gasteiger partial charge in [-0.15, -0.1) is 0 Å². The van der Waals surface area contributed by atoms with E-state index in [1.807, 2.05) is 42.0 Å². The molecule has 0 radical (unpaired) electrons. The minimum Gasteiger partial charge on any atom is -0.459 e. The third-order valence-corrected chi connectivity index (χ3v) is 4.79. The molecular formula is C20H20N4O3. The quantitative estimate of drug-likeness (QED) is 0.772. The number of aryl methyl sites for hydroxylation is 1. The van der Waals surface area contributed by atoms with Crippen molar-refractivity contribution in [2.75, 3.05) is 11.9 Å². The first-order valence-electron chi connectivity index (χ1n) is 8.89. The van der Waals surface area contributed by atoms with Gasteiger partial charge in [-0.3, -0.25) is 9.59 Å². The van der Waals surface area contributed by atoms with Gasteiger partial charge in [-0.2, -0.15) is 0 Å². The molecule has 1 N–H and O–H groups in total. The van der Waals surface area contributed by atoms with E-state index in [-0.39, 0.29) is 17.6 Å². The van der Waals surface area contributed by atoms with Crippen molar-refractivity contribution in [3.63, 3.8) is 0 Å². The molecule has 7 nitrogen and oxygen atoms in total. The van der Waals surface area contributed by atoms with Crippen molar-refractivity contribution in [2.24, 2.45) is 0 Å². The lowest BCUT2D eigenvalue weighted by molar-refractivity contribution is -0.119. The average molecular weight is 364 g/mol. The zero-order chi connectivity index (χ0) is 18.8. The van der Waals surface area contributed by atoms with E-state index in [2.05, 4.69) is 10.3 Å². The number of likely N-dealkylation sites (tertiary alicyclic amines) is 1. The van der Waals surface area contributed by atoms with Gasteiger partial charge in [0.05, 0.1) is 6.26 Å². The number of aromatic nitrogens is 2. The zero-order valence-electron chi connectivity index (χ0n) is 15.0. The summed E-state index contributed by atoms with van der Waals surface area (Å²) in [7, 11) is 0. The van der Waals surface area contributed by atoms with E-state index in [0.29, 0.717) is 18.7 Å². The summed E-state index contributed by atoms with van der Waals surface area (Å²) in [6.07, 6.45) is 6.53. The number of rotatable bonds is 4. The van der Waals surface area contributed by atoms with Crippen molar-refractivity contribution in [3.05, 3.63) is 66.6 Å². The van der Waals surface area contributed by atoms with Crippen LogP contribution in [0.25, 0.3) is 5.69 Å². The summed E-state index contributed by atoms with van der Waals surface area (Å²) in [5, 5.41) is 2.91. The zero-order valence-corrected chi connectivity index (χ0v) is 15.0. The Bertz CT molecular complexity index is 944. The van der Waals surface area contributed by atoms with Crippen LogP contribution in [0.5, 0.6) is 0 Å². The van der Waals surface area contributed by atoms with Crippen LogP contribution in [0.1, 0.15) is 29.2 Å². The molecule has 138 valence electrons. The molecule has 27 heavy (non-hydrogen) atoms. The molecule has 2 aromatic heterocycles. The largest absolute Gasteiger partial charge is 0.459 e. The molecule has 2 amide bonds. The number of hydrogen-bond donors (Lipinski definition) is 1. The summed E-state index contributed by atoms with van der Waals surface area (Å²) in [6.45, 7) is 2.48. The minimum absolute atomic E-state index is 0.182. The van der Waals surface area contributed by atoms with Gasteiger partial charge < -0.3 is 19.2 Å². The summed E-state index contributed by atoms with van der Waals surface area (Å²) < 4.78 is 7.15. The van der Waals surface area contributed by atoms with Crippen LogP contribution < -0.4 is 5.32 Å². The van der Waals surface area contributed by atoms with Crippen LogP contribution in [0.2, 0.25) is 0 Å². The fraction of sp³-hybridized carbons (Fsp3) is 0.250. The molecule has 1 aromatic carbocycles. The van der Waals surface area contributed by atoms with Gasteiger partial charge in [0.15, 0.2) is 5.76 Å². The summed E-state index contributed by atoms with van der Waals surface area (Å²) in [5.74, 6) is 0.724. The highest BCUT2D eigenvalue weighted by Gasteiger charge is 2.35. The Balaban J connectivity index is 1.45. The van der Waals surface area contributed by atoms with E-state index >= 15 is 0 Å². The topological polar surface area (TPSA) is 80.4 Å². The molecule has 1 aliphatic heterocycles. The second kappa shape index (κ2) is 7.11. The van der Waals surface area contributed by atoms with E-state index in [1.54, 1.807) is 23.2 Å². The number of carbonyl (C=O) groups excluding carboxylic acids is 2. The van der Waals surface area contributed by atoms with Crippen molar-refractivity contribution >= 4 is 17.5 Å². The molecule has 7 heteroatoms. The summed E-state index contributed by atoms with van der Waals surface area (Å²) in [5.41, 5.74) is 1.66. The lowest BCUT2D eigenvalue weighted by atomic mass is 10.2. The number of amides is 2. The molecule has 0 unspecified atom stereocenters. The van der Waals surface area contributed by atoms with Crippen LogP contribution in [0.4, 0.5) is 5.69 Å². The summed E-state index contributed by atoms with van der Waals surface area (Å²) >= 11 is 0. The lowest BCUT2D eigenvalue weighted by Gasteiger charge is -2.23. The number of benzene rings is 1. The number of furan rings is 1. The van der Waals surface area contributed by atoms with Crippen LogP contribution >= 0.6 is 0 Å². The number of nitrogens with one attached hydrogen (secondary N) is 1. The van der Waals surface area contributed by atoms with E-state index in [0.717, 1.165) is 17.9 Å². The molecule has 3 aromatic rings. The third kappa shape index (κ3) is 3.36. The van der Waals surface area contributed by atoms with Gasteiger partial charge in [0.2, 0.25) is 5.91 Å².